The average Bonchev–Trinajstić information content (AvgIpc) is 2.79. The van der Waals surface area contributed by atoms with Gasteiger partial charge < -0.3 is 10.2 Å². The molecule has 8 heteroatoms. The zero-order valence-electron chi connectivity index (χ0n) is 15.9. The van der Waals surface area contributed by atoms with Crippen LogP contribution in [-0.4, -0.2) is 37.1 Å². The van der Waals surface area contributed by atoms with Crippen LogP contribution in [0, 0.1) is 0 Å². The molecule has 0 saturated heterocycles. The van der Waals surface area contributed by atoms with Crippen molar-refractivity contribution < 1.29 is 19.8 Å². The van der Waals surface area contributed by atoms with E-state index >= 15 is 0 Å². The molecule has 4 aromatic rings. The lowest BCUT2D eigenvalue weighted by atomic mass is 10.0. The zero-order valence-corrected chi connectivity index (χ0v) is 16.6. The predicted molar refractivity (Wildman–Crippen MR) is 115 cm³/mol. The first-order valence-electron chi connectivity index (χ1n) is 9.08. The van der Waals surface area contributed by atoms with Gasteiger partial charge in [-0.2, -0.15) is 0 Å². The minimum atomic E-state index is -1.08. The van der Waals surface area contributed by atoms with Gasteiger partial charge in [0.2, 0.25) is 0 Å². The lowest BCUT2D eigenvalue weighted by molar-refractivity contribution is 0.0686. The van der Waals surface area contributed by atoms with Crippen molar-refractivity contribution in [2.45, 2.75) is 0 Å². The van der Waals surface area contributed by atoms with Crippen LogP contribution in [0.4, 0.5) is 0 Å². The number of aromatic carboxylic acids is 2. The summed E-state index contributed by atoms with van der Waals surface area (Å²) in [5.41, 5.74) is 3.35. The average molecular weight is 432 g/mol. The molecule has 0 aliphatic heterocycles. The highest BCUT2D eigenvalue weighted by Gasteiger charge is 2.14. The molecule has 1 aromatic carbocycles. The number of rotatable bonds is 5. The van der Waals surface area contributed by atoms with Crippen LogP contribution in [0.5, 0.6) is 0 Å². The summed E-state index contributed by atoms with van der Waals surface area (Å²) < 4.78 is 0. The van der Waals surface area contributed by atoms with Crippen LogP contribution >= 0.6 is 11.6 Å². The van der Waals surface area contributed by atoms with Gasteiger partial charge in [0.05, 0.1) is 33.9 Å². The molecule has 0 aliphatic rings. The summed E-state index contributed by atoms with van der Waals surface area (Å²) in [6.07, 6.45) is 2.80. The fourth-order valence-corrected chi connectivity index (χ4v) is 3.14. The molecule has 3 heterocycles. The highest BCUT2D eigenvalue weighted by atomic mass is 35.5. The molecule has 2 N–H and O–H groups in total. The van der Waals surface area contributed by atoms with Crippen molar-refractivity contribution in [3.05, 3.63) is 89.2 Å². The van der Waals surface area contributed by atoms with Gasteiger partial charge in [0.15, 0.2) is 0 Å². The van der Waals surface area contributed by atoms with Crippen LogP contribution in [0.3, 0.4) is 0 Å². The van der Waals surface area contributed by atoms with Crippen molar-refractivity contribution in [2.75, 3.05) is 0 Å². The fraction of sp³-hybridized carbons (Fsp3) is 0. The van der Waals surface area contributed by atoms with E-state index < -0.39 is 11.9 Å². The molecular weight excluding hydrogens is 418 g/mol. The predicted octanol–water partition coefficient (Wildman–Crippen LogP) is 4.92. The van der Waals surface area contributed by atoms with Gasteiger partial charge in [-0.15, -0.1) is 0 Å². The Morgan fingerprint density at radius 3 is 1.58 bits per heavy atom. The lowest BCUT2D eigenvalue weighted by Gasteiger charge is -2.10. The van der Waals surface area contributed by atoms with E-state index in [2.05, 4.69) is 15.0 Å². The molecule has 0 bridgehead atoms. The summed E-state index contributed by atoms with van der Waals surface area (Å²) in [5, 5.41) is 19.2. The van der Waals surface area contributed by atoms with Crippen molar-refractivity contribution in [2.24, 2.45) is 0 Å². The van der Waals surface area contributed by atoms with E-state index in [0.717, 1.165) is 11.1 Å². The van der Waals surface area contributed by atoms with Crippen molar-refractivity contribution in [3.8, 4) is 33.9 Å². The monoisotopic (exact) mass is 431 g/mol. The number of halogens is 1. The third-order valence-corrected chi connectivity index (χ3v) is 4.79. The van der Waals surface area contributed by atoms with E-state index in [9.17, 15) is 19.8 Å². The fourth-order valence-electron chi connectivity index (χ4n) is 3.01. The number of pyridine rings is 3. The summed E-state index contributed by atoms with van der Waals surface area (Å²) >= 11 is 6.00. The smallest absolute Gasteiger partial charge is 0.335 e. The van der Waals surface area contributed by atoms with Gasteiger partial charge in [-0.25, -0.2) is 14.6 Å². The molecule has 0 unspecified atom stereocenters. The van der Waals surface area contributed by atoms with Crippen molar-refractivity contribution in [1.82, 2.24) is 15.0 Å². The maximum atomic E-state index is 11.4. The Kier molecular flexibility index (Phi) is 5.43. The molecule has 0 amide bonds. The number of hydrogen-bond donors (Lipinski definition) is 2. The van der Waals surface area contributed by atoms with Crippen LogP contribution in [-0.2, 0) is 0 Å². The molecule has 0 spiro atoms. The molecule has 0 aliphatic carbocycles. The minimum absolute atomic E-state index is 0.0799. The second kappa shape index (κ2) is 8.33. The number of aromatic nitrogens is 3. The molecule has 152 valence electrons. The third-order valence-electron chi connectivity index (χ3n) is 4.54. The minimum Gasteiger partial charge on any atom is -0.478 e. The molecule has 0 saturated carbocycles. The van der Waals surface area contributed by atoms with Gasteiger partial charge in [0.25, 0.3) is 0 Å². The summed E-state index contributed by atoms with van der Waals surface area (Å²) in [5.74, 6) is -2.15. The number of benzene rings is 1. The Labute approximate surface area is 181 Å². The molecule has 4 rings (SSSR count). The maximum absolute atomic E-state index is 11.4. The first-order valence-corrected chi connectivity index (χ1v) is 9.46. The number of nitrogens with zero attached hydrogens (tertiary/aromatic N) is 3. The Morgan fingerprint density at radius 1 is 0.645 bits per heavy atom. The van der Waals surface area contributed by atoms with Crippen LogP contribution in [0.1, 0.15) is 20.7 Å². The number of hydrogen-bond acceptors (Lipinski definition) is 5. The number of carboxylic acids is 2. The number of carbonyl (C=O) groups is 2. The SMILES string of the molecule is O=C(O)c1ccnc(-c2cc(-c3ccc(Cl)cc3)cc(-c3cc(C(=O)O)ccn3)n2)c1. The van der Waals surface area contributed by atoms with E-state index in [1.807, 2.05) is 12.1 Å². The van der Waals surface area contributed by atoms with E-state index in [0.29, 0.717) is 27.8 Å². The maximum Gasteiger partial charge on any atom is 0.335 e. The van der Waals surface area contributed by atoms with Gasteiger partial charge in [-0.1, -0.05) is 23.7 Å². The Hall–Kier alpha value is -4.10. The van der Waals surface area contributed by atoms with E-state index in [4.69, 9.17) is 11.6 Å². The van der Waals surface area contributed by atoms with E-state index in [-0.39, 0.29) is 11.1 Å². The second-order valence-electron chi connectivity index (χ2n) is 6.60. The van der Waals surface area contributed by atoms with Gasteiger partial charge in [-0.05, 0) is 59.7 Å². The van der Waals surface area contributed by atoms with Gasteiger partial charge in [-0.3, -0.25) is 9.97 Å². The van der Waals surface area contributed by atoms with Crippen molar-refractivity contribution >= 4 is 23.5 Å². The second-order valence-corrected chi connectivity index (χ2v) is 7.04. The summed E-state index contributed by atoms with van der Waals surface area (Å²) in [6.45, 7) is 0. The van der Waals surface area contributed by atoms with E-state index in [1.54, 1.807) is 24.3 Å². The van der Waals surface area contributed by atoms with Crippen LogP contribution in [0.25, 0.3) is 33.9 Å². The molecule has 0 atom stereocenters. The topological polar surface area (TPSA) is 113 Å². The Morgan fingerprint density at radius 2 is 1.13 bits per heavy atom. The van der Waals surface area contributed by atoms with Gasteiger partial charge in [0.1, 0.15) is 0 Å². The zero-order chi connectivity index (χ0) is 22.0. The highest BCUT2D eigenvalue weighted by molar-refractivity contribution is 6.30. The highest BCUT2D eigenvalue weighted by Crippen LogP contribution is 2.30. The van der Waals surface area contributed by atoms with Crippen LogP contribution in [0.15, 0.2) is 73.1 Å². The van der Waals surface area contributed by atoms with E-state index in [1.165, 1.54) is 36.7 Å². The summed E-state index contributed by atoms with van der Waals surface area (Å²) in [7, 11) is 0. The molecule has 0 radical (unpaired) electrons. The standard InChI is InChI=1S/C23H14ClN3O4/c24-17-3-1-13(2-4-17)16-11-20(18-9-14(22(28)29)5-7-25-18)27-21(12-16)19-10-15(23(30)31)6-8-26-19/h1-12H,(H,28,29)(H,30,31). The normalized spacial score (nSPS) is 10.6. The molecule has 31 heavy (non-hydrogen) atoms. The first-order chi connectivity index (χ1) is 14.9. The third kappa shape index (κ3) is 4.41. The summed E-state index contributed by atoms with van der Waals surface area (Å²) in [4.78, 5) is 35.8. The molecular formula is C23H14ClN3O4. The van der Waals surface area contributed by atoms with Crippen molar-refractivity contribution in [3.63, 3.8) is 0 Å². The largest absolute Gasteiger partial charge is 0.478 e. The first kappa shape index (κ1) is 20.2. The van der Waals surface area contributed by atoms with Crippen LogP contribution in [0.2, 0.25) is 5.02 Å². The van der Waals surface area contributed by atoms with Gasteiger partial charge >= 0.3 is 11.9 Å². The Balaban J connectivity index is 1.92. The quantitative estimate of drug-likeness (QED) is 0.460. The number of carboxylic acid groups (broad SMARTS) is 2. The van der Waals surface area contributed by atoms with Gasteiger partial charge in [0, 0.05) is 17.4 Å². The molecule has 0 fully saturated rings. The molecule has 7 nitrogen and oxygen atoms in total. The Bertz CT molecular complexity index is 1230. The summed E-state index contributed by atoms with van der Waals surface area (Å²) in [6, 6.07) is 16.4. The van der Waals surface area contributed by atoms with Crippen molar-refractivity contribution in [1.29, 1.82) is 0 Å². The lowest BCUT2D eigenvalue weighted by Crippen LogP contribution is -2.00. The molecule has 3 aromatic heterocycles. The van der Waals surface area contributed by atoms with Crippen LogP contribution < -0.4 is 0 Å².